The van der Waals surface area contributed by atoms with Crippen molar-refractivity contribution in [3.05, 3.63) is 83.4 Å². The summed E-state index contributed by atoms with van der Waals surface area (Å²) in [6.45, 7) is 3.86. The van der Waals surface area contributed by atoms with E-state index in [-0.39, 0.29) is 0 Å². The van der Waals surface area contributed by atoms with E-state index in [1.807, 2.05) is 37.3 Å². The minimum absolute atomic E-state index is 0.397. The lowest BCUT2D eigenvalue weighted by atomic mass is 10.2. The van der Waals surface area contributed by atoms with Crippen molar-refractivity contribution in [1.29, 1.82) is 0 Å². The average Bonchev–Trinajstić information content (AvgIpc) is 2.88. The summed E-state index contributed by atoms with van der Waals surface area (Å²) in [7, 11) is 0. The molecule has 0 aromatic heterocycles. The van der Waals surface area contributed by atoms with Crippen molar-refractivity contribution in [3.63, 3.8) is 0 Å². The van der Waals surface area contributed by atoms with Gasteiger partial charge in [-0.15, -0.1) is 0 Å². The van der Waals surface area contributed by atoms with Crippen molar-refractivity contribution in [1.82, 2.24) is 0 Å². The monoisotopic (exact) mass is 462 g/mol. The summed E-state index contributed by atoms with van der Waals surface area (Å²) in [6.07, 6.45) is 4.20. The molecule has 0 heterocycles. The Morgan fingerprint density at radius 1 is 0.618 bits per heavy atom. The van der Waals surface area contributed by atoms with Gasteiger partial charge in [0.2, 0.25) is 0 Å². The summed E-state index contributed by atoms with van der Waals surface area (Å²) in [5, 5.41) is 0. The fourth-order valence-corrected chi connectivity index (χ4v) is 3.30. The maximum Gasteiger partial charge on any atom is 0.162 e. The zero-order valence-electron chi connectivity index (χ0n) is 19.4. The minimum Gasteiger partial charge on any atom is -0.490 e. The summed E-state index contributed by atoms with van der Waals surface area (Å²) in [6, 6.07) is 20.2. The number of aldehydes is 2. The van der Waals surface area contributed by atoms with Crippen LogP contribution in [-0.4, -0.2) is 32.4 Å². The predicted molar refractivity (Wildman–Crippen MR) is 130 cm³/mol. The Morgan fingerprint density at radius 2 is 1.18 bits per heavy atom. The summed E-state index contributed by atoms with van der Waals surface area (Å²) in [5.74, 6) is 2.39. The van der Waals surface area contributed by atoms with Crippen LogP contribution in [0.25, 0.3) is 0 Å². The molecule has 178 valence electrons. The highest BCUT2D eigenvalue weighted by Gasteiger charge is 2.09. The normalized spacial score (nSPS) is 10.4. The molecule has 0 spiro atoms. The third kappa shape index (κ3) is 7.66. The number of hydrogen-bond donors (Lipinski definition) is 0. The van der Waals surface area contributed by atoms with E-state index in [2.05, 4.69) is 0 Å². The molecule has 0 bridgehead atoms. The molecule has 3 aromatic carbocycles. The zero-order chi connectivity index (χ0) is 24.0. The van der Waals surface area contributed by atoms with E-state index < -0.39 is 0 Å². The van der Waals surface area contributed by atoms with Crippen LogP contribution in [0.4, 0.5) is 0 Å². The Hall–Kier alpha value is -3.80. The average molecular weight is 463 g/mol. The van der Waals surface area contributed by atoms with Crippen molar-refractivity contribution in [2.24, 2.45) is 0 Å². The van der Waals surface area contributed by atoms with Gasteiger partial charge in [0, 0.05) is 11.1 Å². The standard InChI is InChI=1S/C28H30O6/c1-2-31-27-17-23(19-29)11-13-25(27)32-15-7-4-8-16-33-26-14-12-24(20-30)18-28(26)34-21-22-9-5-3-6-10-22/h3,5-6,9-14,17-20H,2,4,7-8,15-16,21H2,1H3. The fraction of sp³-hybridized carbons (Fsp3) is 0.286. The van der Waals surface area contributed by atoms with Gasteiger partial charge in [-0.25, -0.2) is 0 Å². The topological polar surface area (TPSA) is 71.1 Å². The largest absolute Gasteiger partial charge is 0.490 e. The van der Waals surface area contributed by atoms with Gasteiger partial charge in [-0.1, -0.05) is 30.3 Å². The van der Waals surface area contributed by atoms with E-state index >= 15 is 0 Å². The highest BCUT2D eigenvalue weighted by molar-refractivity contribution is 5.77. The van der Waals surface area contributed by atoms with E-state index in [1.54, 1.807) is 36.4 Å². The third-order valence-electron chi connectivity index (χ3n) is 5.05. The van der Waals surface area contributed by atoms with Crippen LogP contribution in [0.5, 0.6) is 23.0 Å². The lowest BCUT2D eigenvalue weighted by Crippen LogP contribution is -2.04. The first-order valence-electron chi connectivity index (χ1n) is 11.5. The Labute approximate surface area is 200 Å². The minimum atomic E-state index is 0.397. The molecule has 3 aromatic rings. The van der Waals surface area contributed by atoms with Gasteiger partial charge in [0.05, 0.1) is 19.8 Å². The second-order valence-electron chi connectivity index (χ2n) is 7.61. The Kier molecular flexibility index (Phi) is 9.99. The van der Waals surface area contributed by atoms with E-state index in [1.165, 1.54) is 0 Å². The molecule has 0 aliphatic carbocycles. The number of benzene rings is 3. The molecule has 0 fully saturated rings. The second kappa shape index (κ2) is 13.7. The number of carbonyl (C=O) groups is 2. The maximum atomic E-state index is 11.2. The SMILES string of the molecule is CCOc1cc(C=O)ccc1OCCCCCOc1ccc(C=O)cc1OCc1ccccc1. The van der Waals surface area contributed by atoms with Gasteiger partial charge in [-0.05, 0) is 68.1 Å². The lowest BCUT2D eigenvalue weighted by Gasteiger charge is -2.14. The van der Waals surface area contributed by atoms with E-state index in [4.69, 9.17) is 18.9 Å². The Balaban J connectivity index is 1.43. The van der Waals surface area contributed by atoms with E-state index in [0.29, 0.717) is 60.6 Å². The molecular weight excluding hydrogens is 432 g/mol. The van der Waals surface area contributed by atoms with Crippen molar-refractivity contribution >= 4 is 12.6 Å². The first-order valence-corrected chi connectivity index (χ1v) is 11.5. The van der Waals surface area contributed by atoms with Crippen molar-refractivity contribution < 1.29 is 28.5 Å². The molecule has 0 atom stereocenters. The fourth-order valence-electron chi connectivity index (χ4n) is 3.30. The van der Waals surface area contributed by atoms with Gasteiger partial charge in [-0.2, -0.15) is 0 Å². The smallest absolute Gasteiger partial charge is 0.162 e. The second-order valence-corrected chi connectivity index (χ2v) is 7.61. The van der Waals surface area contributed by atoms with Gasteiger partial charge in [0.25, 0.3) is 0 Å². The van der Waals surface area contributed by atoms with Crippen LogP contribution in [0.15, 0.2) is 66.7 Å². The molecular formula is C28H30O6. The molecule has 0 unspecified atom stereocenters. The first kappa shape index (κ1) is 24.8. The molecule has 0 amide bonds. The zero-order valence-corrected chi connectivity index (χ0v) is 19.4. The molecule has 0 saturated carbocycles. The molecule has 0 aliphatic rings. The first-order chi connectivity index (χ1) is 16.7. The quantitative estimate of drug-likeness (QED) is 0.206. The van der Waals surface area contributed by atoms with Crippen LogP contribution < -0.4 is 18.9 Å². The number of carbonyl (C=O) groups excluding carboxylic acids is 2. The van der Waals surface area contributed by atoms with E-state index in [9.17, 15) is 9.59 Å². The van der Waals surface area contributed by atoms with Crippen LogP contribution in [-0.2, 0) is 6.61 Å². The number of hydrogen-bond acceptors (Lipinski definition) is 6. The molecule has 0 N–H and O–H groups in total. The Morgan fingerprint density at radius 3 is 1.71 bits per heavy atom. The maximum absolute atomic E-state index is 11.2. The van der Waals surface area contributed by atoms with Gasteiger partial charge in [-0.3, -0.25) is 9.59 Å². The Bertz CT molecular complexity index is 1050. The summed E-state index contributed by atoms with van der Waals surface area (Å²) in [4.78, 5) is 22.1. The number of ether oxygens (including phenoxy) is 4. The van der Waals surface area contributed by atoms with Crippen LogP contribution >= 0.6 is 0 Å². The van der Waals surface area contributed by atoms with Crippen LogP contribution in [0.2, 0.25) is 0 Å². The summed E-state index contributed by atoms with van der Waals surface area (Å²) >= 11 is 0. The summed E-state index contributed by atoms with van der Waals surface area (Å²) < 4.78 is 23.3. The summed E-state index contributed by atoms with van der Waals surface area (Å²) in [5.41, 5.74) is 2.14. The molecule has 0 aliphatic heterocycles. The van der Waals surface area contributed by atoms with Gasteiger partial charge >= 0.3 is 0 Å². The van der Waals surface area contributed by atoms with Crippen molar-refractivity contribution in [2.45, 2.75) is 32.8 Å². The molecule has 6 heteroatoms. The molecule has 6 nitrogen and oxygen atoms in total. The number of rotatable bonds is 15. The van der Waals surface area contributed by atoms with Gasteiger partial charge in [0.15, 0.2) is 23.0 Å². The highest BCUT2D eigenvalue weighted by Crippen LogP contribution is 2.30. The molecule has 0 radical (unpaired) electrons. The van der Waals surface area contributed by atoms with Crippen molar-refractivity contribution in [3.8, 4) is 23.0 Å². The molecule has 3 rings (SSSR count). The van der Waals surface area contributed by atoms with Gasteiger partial charge < -0.3 is 18.9 Å². The predicted octanol–water partition coefficient (Wildman–Crippen LogP) is 5.92. The molecule has 0 saturated heterocycles. The molecule has 34 heavy (non-hydrogen) atoms. The van der Waals surface area contributed by atoms with Crippen LogP contribution in [0.1, 0.15) is 52.5 Å². The lowest BCUT2D eigenvalue weighted by molar-refractivity contribution is 0.111. The van der Waals surface area contributed by atoms with Crippen LogP contribution in [0, 0.1) is 0 Å². The van der Waals surface area contributed by atoms with Crippen LogP contribution in [0.3, 0.4) is 0 Å². The van der Waals surface area contributed by atoms with E-state index in [0.717, 1.165) is 37.4 Å². The number of unbranched alkanes of at least 4 members (excludes halogenated alkanes) is 2. The third-order valence-corrected chi connectivity index (χ3v) is 5.05. The van der Waals surface area contributed by atoms with Gasteiger partial charge in [0.1, 0.15) is 19.2 Å². The van der Waals surface area contributed by atoms with Crippen molar-refractivity contribution in [2.75, 3.05) is 19.8 Å². The highest BCUT2D eigenvalue weighted by atomic mass is 16.5.